The van der Waals surface area contributed by atoms with E-state index >= 15 is 0 Å². The van der Waals surface area contributed by atoms with Crippen LogP contribution in [0.3, 0.4) is 0 Å². The molecule has 0 unspecified atom stereocenters. The molecule has 0 bridgehead atoms. The Bertz CT molecular complexity index is 773. The van der Waals surface area contributed by atoms with Crippen molar-refractivity contribution in [3.8, 4) is 0 Å². The maximum atomic E-state index is 13.3. The number of nitrogens with one attached hydrogen (secondary N) is 2. The molecule has 2 N–H and O–H groups in total. The topological polar surface area (TPSA) is 49.8 Å². The van der Waals surface area contributed by atoms with Gasteiger partial charge >= 0.3 is 0 Å². The Kier molecular flexibility index (Phi) is 4.52. The third-order valence-corrected chi connectivity index (χ3v) is 3.53. The number of aryl methyl sites for hydroxylation is 1. The molecule has 0 aliphatic heterocycles. The predicted molar refractivity (Wildman–Crippen MR) is 93.9 cm³/mol. The number of hydrogen-bond acceptors (Lipinski definition) is 4. The van der Waals surface area contributed by atoms with Crippen molar-refractivity contribution < 1.29 is 4.39 Å². The van der Waals surface area contributed by atoms with Crippen molar-refractivity contribution in [3.63, 3.8) is 0 Å². The van der Waals surface area contributed by atoms with Gasteiger partial charge in [0.2, 0.25) is 0 Å². The summed E-state index contributed by atoms with van der Waals surface area (Å²) in [5.74, 6) is 1.58. The van der Waals surface area contributed by atoms with Gasteiger partial charge in [-0.3, -0.25) is 0 Å². The van der Waals surface area contributed by atoms with Gasteiger partial charge in [0.15, 0.2) is 0 Å². The summed E-state index contributed by atoms with van der Waals surface area (Å²) in [7, 11) is 0. The van der Waals surface area contributed by atoms with Gasteiger partial charge in [-0.05, 0) is 43.3 Å². The fraction of sp³-hybridized carbons (Fsp3) is 0.0588. The number of halogens is 2. The van der Waals surface area contributed by atoms with Gasteiger partial charge in [-0.15, -0.1) is 0 Å². The maximum absolute atomic E-state index is 13.3. The van der Waals surface area contributed by atoms with E-state index in [1.807, 2.05) is 31.2 Å². The molecule has 3 rings (SSSR count). The van der Waals surface area contributed by atoms with Gasteiger partial charge in [0, 0.05) is 21.9 Å². The normalized spacial score (nSPS) is 10.4. The summed E-state index contributed by atoms with van der Waals surface area (Å²) < 4.78 is 14.2. The summed E-state index contributed by atoms with van der Waals surface area (Å²) in [6.07, 6.45) is 0. The van der Waals surface area contributed by atoms with E-state index in [0.29, 0.717) is 23.1 Å². The molecule has 0 saturated carbocycles. The molecule has 1 heterocycles. The van der Waals surface area contributed by atoms with Crippen molar-refractivity contribution in [2.24, 2.45) is 0 Å². The summed E-state index contributed by atoms with van der Waals surface area (Å²) >= 11 is 3.43. The molecule has 0 radical (unpaired) electrons. The second-order valence-corrected chi connectivity index (χ2v) is 5.87. The smallest absolute Gasteiger partial charge is 0.136 e. The van der Waals surface area contributed by atoms with E-state index in [9.17, 15) is 4.39 Å². The van der Waals surface area contributed by atoms with Gasteiger partial charge in [0.25, 0.3) is 0 Å². The maximum Gasteiger partial charge on any atom is 0.136 e. The molecule has 0 fully saturated rings. The summed E-state index contributed by atoms with van der Waals surface area (Å²) in [6.45, 7) is 1.81. The van der Waals surface area contributed by atoms with Gasteiger partial charge in [-0.1, -0.05) is 28.1 Å². The highest BCUT2D eigenvalue weighted by molar-refractivity contribution is 9.10. The van der Waals surface area contributed by atoms with Crippen LogP contribution in [0.25, 0.3) is 0 Å². The van der Waals surface area contributed by atoms with Crippen molar-refractivity contribution >= 4 is 38.9 Å². The van der Waals surface area contributed by atoms with Crippen LogP contribution in [0.15, 0.2) is 59.1 Å². The molecule has 0 amide bonds. The first kappa shape index (κ1) is 15.4. The van der Waals surface area contributed by atoms with Crippen molar-refractivity contribution in [1.29, 1.82) is 0 Å². The minimum Gasteiger partial charge on any atom is -0.340 e. The number of anilines is 4. The second kappa shape index (κ2) is 6.75. The standard InChI is InChI=1S/C17H14BrFN4/c1-11-20-16(22-14-6-2-4-12(18)8-14)10-17(21-11)23-15-7-3-5-13(19)9-15/h2-10H,1H3,(H2,20,21,22,23). The molecule has 0 atom stereocenters. The van der Waals surface area contributed by atoms with Crippen LogP contribution >= 0.6 is 15.9 Å². The lowest BCUT2D eigenvalue weighted by Crippen LogP contribution is -2.01. The third kappa shape index (κ3) is 4.26. The van der Waals surface area contributed by atoms with E-state index in [0.717, 1.165) is 10.2 Å². The number of nitrogens with zero attached hydrogens (tertiary/aromatic N) is 2. The number of rotatable bonds is 4. The Labute approximate surface area is 141 Å². The Morgan fingerprint density at radius 3 is 2.09 bits per heavy atom. The fourth-order valence-corrected chi connectivity index (χ4v) is 2.52. The molecule has 116 valence electrons. The zero-order valence-electron chi connectivity index (χ0n) is 12.3. The van der Waals surface area contributed by atoms with E-state index in [-0.39, 0.29) is 5.82 Å². The quantitative estimate of drug-likeness (QED) is 0.662. The SMILES string of the molecule is Cc1nc(Nc2cccc(F)c2)cc(Nc2cccc(Br)c2)n1. The fourth-order valence-electron chi connectivity index (χ4n) is 2.12. The van der Waals surface area contributed by atoms with Gasteiger partial charge in [0.05, 0.1) is 0 Å². The predicted octanol–water partition coefficient (Wildman–Crippen LogP) is 5.17. The zero-order valence-corrected chi connectivity index (χ0v) is 13.9. The molecule has 4 nitrogen and oxygen atoms in total. The van der Waals surface area contributed by atoms with Gasteiger partial charge in [-0.2, -0.15) is 0 Å². The van der Waals surface area contributed by atoms with Crippen LogP contribution in [0.2, 0.25) is 0 Å². The molecular weight excluding hydrogens is 359 g/mol. The number of aromatic nitrogens is 2. The van der Waals surface area contributed by atoms with E-state index in [1.165, 1.54) is 12.1 Å². The molecule has 6 heteroatoms. The van der Waals surface area contributed by atoms with E-state index in [1.54, 1.807) is 18.2 Å². The van der Waals surface area contributed by atoms with E-state index < -0.39 is 0 Å². The highest BCUT2D eigenvalue weighted by atomic mass is 79.9. The van der Waals surface area contributed by atoms with Crippen LogP contribution in [-0.4, -0.2) is 9.97 Å². The number of benzene rings is 2. The molecule has 2 aromatic carbocycles. The van der Waals surface area contributed by atoms with Crippen LogP contribution in [0.1, 0.15) is 5.82 Å². The molecule has 1 aromatic heterocycles. The largest absolute Gasteiger partial charge is 0.340 e. The second-order valence-electron chi connectivity index (χ2n) is 4.96. The van der Waals surface area contributed by atoms with Crippen molar-refractivity contribution in [2.75, 3.05) is 10.6 Å². The van der Waals surface area contributed by atoms with Crippen LogP contribution < -0.4 is 10.6 Å². The van der Waals surface area contributed by atoms with Crippen molar-refractivity contribution in [1.82, 2.24) is 9.97 Å². The summed E-state index contributed by atoms with van der Waals surface area (Å²) in [5, 5.41) is 6.31. The molecule has 0 saturated heterocycles. The highest BCUT2D eigenvalue weighted by Gasteiger charge is 2.04. The molecule has 0 spiro atoms. The average Bonchev–Trinajstić information content (AvgIpc) is 2.46. The lowest BCUT2D eigenvalue weighted by molar-refractivity contribution is 0.628. The Morgan fingerprint density at radius 1 is 0.870 bits per heavy atom. The lowest BCUT2D eigenvalue weighted by atomic mass is 10.3. The average molecular weight is 373 g/mol. The molecular formula is C17H14BrFN4. The first-order valence-electron chi connectivity index (χ1n) is 6.99. The number of hydrogen-bond donors (Lipinski definition) is 2. The molecule has 0 aliphatic rings. The monoisotopic (exact) mass is 372 g/mol. The molecule has 0 aliphatic carbocycles. The van der Waals surface area contributed by atoms with E-state index in [4.69, 9.17) is 0 Å². The van der Waals surface area contributed by atoms with Crippen LogP contribution in [0.4, 0.5) is 27.4 Å². The molecule has 3 aromatic rings. The summed E-state index contributed by atoms with van der Waals surface area (Å²) in [4.78, 5) is 8.69. The highest BCUT2D eigenvalue weighted by Crippen LogP contribution is 2.22. The van der Waals surface area contributed by atoms with Crippen LogP contribution in [-0.2, 0) is 0 Å². The first-order chi connectivity index (χ1) is 11.1. The van der Waals surface area contributed by atoms with Crippen LogP contribution in [0, 0.1) is 12.7 Å². The van der Waals surface area contributed by atoms with Gasteiger partial charge in [-0.25, -0.2) is 14.4 Å². The summed E-state index contributed by atoms with van der Waals surface area (Å²) in [6, 6.07) is 15.8. The van der Waals surface area contributed by atoms with Crippen molar-refractivity contribution in [2.45, 2.75) is 6.92 Å². The Balaban J connectivity index is 1.84. The minimum absolute atomic E-state index is 0.298. The van der Waals surface area contributed by atoms with E-state index in [2.05, 4.69) is 36.5 Å². The lowest BCUT2D eigenvalue weighted by Gasteiger charge is -2.10. The van der Waals surface area contributed by atoms with Crippen molar-refractivity contribution in [3.05, 3.63) is 70.7 Å². The third-order valence-electron chi connectivity index (χ3n) is 3.03. The van der Waals surface area contributed by atoms with Crippen LogP contribution in [0.5, 0.6) is 0 Å². The summed E-state index contributed by atoms with van der Waals surface area (Å²) in [5.41, 5.74) is 1.55. The Morgan fingerprint density at radius 2 is 1.48 bits per heavy atom. The first-order valence-corrected chi connectivity index (χ1v) is 7.79. The Hall–Kier alpha value is -2.47. The van der Waals surface area contributed by atoms with Gasteiger partial charge < -0.3 is 10.6 Å². The zero-order chi connectivity index (χ0) is 16.2. The van der Waals surface area contributed by atoms with Gasteiger partial charge in [0.1, 0.15) is 23.3 Å². The minimum atomic E-state index is -0.298. The molecule has 23 heavy (non-hydrogen) atoms.